The zero-order valence-electron chi connectivity index (χ0n) is 17.7. The molecule has 0 bridgehead atoms. The van der Waals surface area contributed by atoms with Gasteiger partial charge in [-0.1, -0.05) is 12.1 Å². The third-order valence-electron chi connectivity index (χ3n) is 5.75. The van der Waals surface area contributed by atoms with Crippen LogP contribution in [-0.2, 0) is 13.6 Å². The fraction of sp³-hybridized carbons (Fsp3) is 0.364. The SMILES string of the molecule is Cn1c(=O)c(=O)n(C2CCN(Cc3ccc(OC(F)(F)F)cc3)CC2)c2nc(C#N)ccc21. The number of aryl methyl sites for hydroxylation is 1. The van der Waals surface area contributed by atoms with Gasteiger partial charge in [-0.2, -0.15) is 5.26 Å². The molecule has 0 radical (unpaired) electrons. The monoisotopic (exact) mass is 459 g/mol. The summed E-state index contributed by atoms with van der Waals surface area (Å²) in [5.41, 5.74) is 0.440. The number of hydrogen-bond acceptors (Lipinski definition) is 6. The number of nitriles is 1. The average molecular weight is 459 g/mol. The molecule has 172 valence electrons. The molecule has 0 N–H and O–H groups in total. The first kappa shape index (κ1) is 22.5. The third-order valence-corrected chi connectivity index (χ3v) is 5.75. The first-order chi connectivity index (χ1) is 15.7. The smallest absolute Gasteiger partial charge is 0.406 e. The van der Waals surface area contributed by atoms with E-state index in [1.807, 2.05) is 6.07 Å². The molecule has 4 rings (SSSR count). The lowest BCUT2D eigenvalue weighted by atomic mass is 10.0. The van der Waals surface area contributed by atoms with Gasteiger partial charge in [0.15, 0.2) is 5.65 Å². The molecule has 0 aliphatic carbocycles. The molecule has 1 aromatic carbocycles. The number of benzene rings is 1. The van der Waals surface area contributed by atoms with Crippen molar-refractivity contribution in [2.24, 2.45) is 7.05 Å². The highest BCUT2D eigenvalue weighted by Gasteiger charge is 2.31. The van der Waals surface area contributed by atoms with Crippen molar-refractivity contribution >= 4 is 11.2 Å². The van der Waals surface area contributed by atoms with Crippen molar-refractivity contribution in [2.75, 3.05) is 13.1 Å². The highest BCUT2D eigenvalue weighted by Crippen LogP contribution is 2.26. The largest absolute Gasteiger partial charge is 0.573 e. The number of alkyl halides is 3. The molecule has 8 nitrogen and oxygen atoms in total. The first-order valence-corrected chi connectivity index (χ1v) is 10.3. The van der Waals surface area contributed by atoms with E-state index in [0.29, 0.717) is 43.6 Å². The van der Waals surface area contributed by atoms with Crippen LogP contribution in [0.15, 0.2) is 46.0 Å². The molecular weight excluding hydrogens is 439 g/mol. The lowest BCUT2D eigenvalue weighted by molar-refractivity contribution is -0.274. The van der Waals surface area contributed by atoms with Crippen LogP contribution >= 0.6 is 0 Å². The van der Waals surface area contributed by atoms with Crippen molar-refractivity contribution in [1.29, 1.82) is 5.26 Å². The van der Waals surface area contributed by atoms with Gasteiger partial charge in [-0.05, 0) is 42.7 Å². The van der Waals surface area contributed by atoms with Crippen LogP contribution in [0.4, 0.5) is 13.2 Å². The van der Waals surface area contributed by atoms with Gasteiger partial charge in [0, 0.05) is 32.7 Å². The van der Waals surface area contributed by atoms with Crippen molar-refractivity contribution in [3.63, 3.8) is 0 Å². The Kier molecular flexibility index (Phi) is 5.95. The molecule has 0 unspecified atom stereocenters. The van der Waals surface area contributed by atoms with Crippen LogP contribution in [0.3, 0.4) is 0 Å². The number of nitrogens with zero attached hydrogens (tertiary/aromatic N) is 5. The van der Waals surface area contributed by atoms with E-state index in [1.165, 1.54) is 34.4 Å². The summed E-state index contributed by atoms with van der Waals surface area (Å²) in [6, 6.07) is 10.5. The van der Waals surface area contributed by atoms with Crippen molar-refractivity contribution < 1.29 is 17.9 Å². The summed E-state index contributed by atoms with van der Waals surface area (Å²) in [6.45, 7) is 1.77. The summed E-state index contributed by atoms with van der Waals surface area (Å²) in [7, 11) is 1.50. The number of ether oxygens (including phenoxy) is 1. The van der Waals surface area contributed by atoms with Crippen LogP contribution < -0.4 is 15.9 Å². The fourth-order valence-corrected chi connectivity index (χ4v) is 4.12. The van der Waals surface area contributed by atoms with Crippen LogP contribution in [0.1, 0.15) is 30.1 Å². The van der Waals surface area contributed by atoms with Crippen molar-refractivity contribution in [1.82, 2.24) is 19.0 Å². The van der Waals surface area contributed by atoms with Crippen molar-refractivity contribution in [3.05, 3.63) is 68.4 Å². The molecule has 1 aliphatic rings. The molecule has 3 aromatic rings. The van der Waals surface area contributed by atoms with E-state index in [0.717, 1.165) is 5.56 Å². The van der Waals surface area contributed by atoms with Gasteiger partial charge in [0.1, 0.15) is 17.5 Å². The Morgan fingerprint density at radius 3 is 2.36 bits per heavy atom. The number of rotatable bonds is 4. The van der Waals surface area contributed by atoms with E-state index < -0.39 is 17.5 Å². The number of piperidine rings is 1. The second-order valence-corrected chi connectivity index (χ2v) is 7.89. The Morgan fingerprint density at radius 1 is 1.09 bits per heavy atom. The molecular formula is C22H20F3N5O3. The van der Waals surface area contributed by atoms with Crippen molar-refractivity contribution in [3.8, 4) is 11.8 Å². The van der Waals surface area contributed by atoms with Gasteiger partial charge in [-0.15, -0.1) is 13.2 Å². The quantitative estimate of drug-likeness (QED) is 0.557. The Hall–Kier alpha value is -3.65. The van der Waals surface area contributed by atoms with E-state index in [1.54, 1.807) is 18.2 Å². The second-order valence-electron chi connectivity index (χ2n) is 7.89. The van der Waals surface area contributed by atoms with Gasteiger partial charge >= 0.3 is 17.5 Å². The summed E-state index contributed by atoms with van der Waals surface area (Å²) in [6.07, 6.45) is -3.57. The molecule has 0 atom stereocenters. The number of pyridine rings is 1. The highest BCUT2D eigenvalue weighted by atomic mass is 19.4. The maximum atomic E-state index is 12.8. The second kappa shape index (κ2) is 8.71. The van der Waals surface area contributed by atoms with E-state index in [9.17, 15) is 28.0 Å². The van der Waals surface area contributed by atoms with E-state index in [4.69, 9.17) is 0 Å². The zero-order valence-corrected chi connectivity index (χ0v) is 17.7. The standard InChI is InChI=1S/C22H20F3N5O3/c1-28-18-7-4-15(12-26)27-19(18)30(21(32)20(28)31)16-8-10-29(11-9-16)13-14-2-5-17(6-3-14)33-22(23,24)25/h2-7,16H,8-11,13H2,1H3. The summed E-state index contributed by atoms with van der Waals surface area (Å²) in [5, 5.41) is 9.20. The Morgan fingerprint density at radius 2 is 1.76 bits per heavy atom. The van der Waals surface area contributed by atoms with Gasteiger partial charge in [0.05, 0.1) is 5.52 Å². The van der Waals surface area contributed by atoms with Crippen LogP contribution in [0, 0.1) is 11.3 Å². The van der Waals surface area contributed by atoms with E-state index in [2.05, 4.69) is 14.6 Å². The third kappa shape index (κ3) is 4.75. The van der Waals surface area contributed by atoms with Gasteiger partial charge in [0.25, 0.3) is 0 Å². The van der Waals surface area contributed by atoms with Crippen LogP contribution in [0.2, 0.25) is 0 Å². The lowest BCUT2D eigenvalue weighted by Gasteiger charge is -2.33. The van der Waals surface area contributed by atoms with E-state index in [-0.39, 0.29) is 17.5 Å². The van der Waals surface area contributed by atoms with Gasteiger partial charge in [0.2, 0.25) is 0 Å². The van der Waals surface area contributed by atoms with Gasteiger partial charge < -0.3 is 9.30 Å². The molecule has 1 aliphatic heterocycles. The molecule has 0 saturated carbocycles. The van der Waals surface area contributed by atoms with Gasteiger partial charge in [-0.25, -0.2) is 4.98 Å². The van der Waals surface area contributed by atoms with Crippen LogP contribution in [0.25, 0.3) is 11.2 Å². The predicted octanol–water partition coefficient (Wildman–Crippen LogP) is 2.70. The summed E-state index contributed by atoms with van der Waals surface area (Å²) < 4.78 is 43.5. The number of fused-ring (bicyclic) bond motifs is 1. The summed E-state index contributed by atoms with van der Waals surface area (Å²) in [4.78, 5) is 31.7. The molecule has 3 heterocycles. The minimum atomic E-state index is -4.73. The number of aromatic nitrogens is 3. The number of halogens is 3. The highest BCUT2D eigenvalue weighted by molar-refractivity contribution is 5.71. The molecule has 2 aromatic heterocycles. The normalized spacial score (nSPS) is 15.5. The molecule has 0 spiro atoms. The molecule has 1 fully saturated rings. The van der Waals surface area contributed by atoms with Crippen LogP contribution in [-0.4, -0.2) is 38.5 Å². The fourth-order valence-electron chi connectivity index (χ4n) is 4.12. The Labute approximate surface area is 186 Å². The Bertz CT molecular complexity index is 1330. The first-order valence-electron chi connectivity index (χ1n) is 10.3. The summed E-state index contributed by atoms with van der Waals surface area (Å²) >= 11 is 0. The van der Waals surface area contributed by atoms with E-state index >= 15 is 0 Å². The zero-order chi connectivity index (χ0) is 23.8. The topological polar surface area (TPSA) is 93.2 Å². The maximum Gasteiger partial charge on any atom is 0.573 e. The number of likely N-dealkylation sites (tertiary alicyclic amines) is 1. The van der Waals surface area contributed by atoms with Gasteiger partial charge in [-0.3, -0.25) is 19.1 Å². The molecule has 0 amide bonds. The number of hydrogen-bond donors (Lipinski definition) is 0. The maximum absolute atomic E-state index is 12.8. The Balaban J connectivity index is 1.51. The molecule has 11 heteroatoms. The minimum Gasteiger partial charge on any atom is -0.406 e. The molecule has 33 heavy (non-hydrogen) atoms. The predicted molar refractivity (Wildman–Crippen MR) is 113 cm³/mol. The van der Waals surface area contributed by atoms with Crippen LogP contribution in [0.5, 0.6) is 5.75 Å². The lowest BCUT2D eigenvalue weighted by Crippen LogP contribution is -2.45. The average Bonchev–Trinajstić information content (AvgIpc) is 2.79. The minimum absolute atomic E-state index is 0.157. The van der Waals surface area contributed by atoms with Crippen molar-refractivity contribution in [2.45, 2.75) is 31.8 Å². The molecule has 1 saturated heterocycles. The summed E-state index contributed by atoms with van der Waals surface area (Å²) in [5.74, 6) is -0.272.